The number of nitrogens with zero attached hydrogens (tertiary/aromatic N) is 1. The Hall–Kier alpha value is -1.87. The van der Waals surface area contributed by atoms with E-state index in [-0.39, 0.29) is 29.9 Å². The van der Waals surface area contributed by atoms with E-state index in [0.29, 0.717) is 32.0 Å². The van der Waals surface area contributed by atoms with E-state index in [4.69, 9.17) is 23.7 Å². The second kappa shape index (κ2) is 14.7. The van der Waals surface area contributed by atoms with E-state index in [1.165, 1.54) is 6.92 Å². The first-order valence-electron chi connectivity index (χ1n) is 16.9. The summed E-state index contributed by atoms with van der Waals surface area (Å²) in [6, 6.07) is -0.459. The number of alkyl carbamates (subject to hydrolysis) is 1. The average molecular weight is 655 g/mol. The van der Waals surface area contributed by atoms with Gasteiger partial charge in [0, 0.05) is 37.7 Å². The Morgan fingerprint density at radius 2 is 1.76 bits per heavy atom. The number of methoxy groups -OCH3 is 1. The molecule has 3 heterocycles. The zero-order valence-corrected chi connectivity index (χ0v) is 29.3. The summed E-state index contributed by atoms with van der Waals surface area (Å²) >= 11 is 0. The number of ketones is 1. The first-order chi connectivity index (χ1) is 21.5. The van der Waals surface area contributed by atoms with Gasteiger partial charge >= 0.3 is 12.1 Å². The molecule has 13 atom stereocenters. The molecule has 4 aliphatic rings. The highest BCUT2D eigenvalue weighted by molar-refractivity contribution is 6.00. The zero-order valence-electron chi connectivity index (χ0n) is 29.3. The number of esters is 1. The number of likely N-dealkylation sites (N-methyl/N-ethyl adjacent to an activating group) is 1. The number of fused-ring (bicyclic) bond motifs is 1. The molecule has 13 heteroatoms. The van der Waals surface area contributed by atoms with Crippen LogP contribution in [0.3, 0.4) is 0 Å². The Morgan fingerprint density at radius 1 is 1.09 bits per heavy atom. The van der Waals surface area contributed by atoms with Crippen LogP contribution in [0.15, 0.2) is 0 Å². The number of aliphatic hydroxyl groups excluding tert-OH is 1. The lowest BCUT2D eigenvalue weighted by atomic mass is 9.78. The van der Waals surface area contributed by atoms with Crippen molar-refractivity contribution >= 4 is 17.8 Å². The summed E-state index contributed by atoms with van der Waals surface area (Å²) in [5.74, 6) is -3.05. The van der Waals surface area contributed by atoms with Gasteiger partial charge in [-0.05, 0) is 86.9 Å². The molecule has 0 aromatic carbocycles. The molecule has 13 nitrogen and oxygen atoms in total. The molecule has 0 radical (unpaired) electrons. The SMILES string of the molecule is CO[C@]1(C)C[C@@H](C)CN[C@H](C)[C@H]2NC(=O)O[C@]2(C)[C@@H](C)OC(=O)C(C)C(=O)[C@H](C)[C@H]1OC1OC(CNC2CC2)CC(N(C)C)C1O. The topological polar surface area (TPSA) is 157 Å². The standard InChI is InChI=1S/C33H58N4O9/c1-17-14-32(6,42-10)28(45-30-26(39)24(37(8)9)13-23(44-30)16-35-22-11-12-22)18(2)25(38)19(3)29(40)43-21(5)33(7)27(20(4)34-15-17)36-31(41)46-33/h17-24,26-28,30,34-35,39H,11-16H2,1-10H3,(H,36,41)/t17-,18+,19?,20-,21-,23?,24?,26?,27-,28-,30?,32-,33-/m1/s1. The van der Waals surface area contributed by atoms with Crippen molar-refractivity contribution in [3.05, 3.63) is 0 Å². The fraction of sp³-hybridized carbons (Fsp3) is 0.909. The number of rotatable bonds is 7. The monoisotopic (exact) mass is 654 g/mol. The maximum absolute atomic E-state index is 14.1. The van der Waals surface area contributed by atoms with Crippen LogP contribution in [0.1, 0.15) is 74.1 Å². The van der Waals surface area contributed by atoms with E-state index < -0.39 is 65.7 Å². The van der Waals surface area contributed by atoms with Crippen molar-refractivity contribution in [1.82, 2.24) is 20.9 Å². The van der Waals surface area contributed by atoms with Crippen LogP contribution in [0, 0.1) is 17.8 Å². The number of Topliss-reactive ketones (excluding diaryl/α,β-unsaturated/α-hetero) is 1. The van der Waals surface area contributed by atoms with Crippen molar-refractivity contribution in [2.75, 3.05) is 34.3 Å². The number of ether oxygens (including phenoxy) is 5. The number of amides is 1. The first-order valence-corrected chi connectivity index (χ1v) is 16.9. The number of carbonyl (C=O) groups is 3. The molecule has 264 valence electrons. The highest BCUT2D eigenvalue weighted by Crippen LogP contribution is 2.37. The predicted octanol–water partition coefficient (Wildman–Crippen LogP) is 1.59. The molecule has 0 spiro atoms. The summed E-state index contributed by atoms with van der Waals surface area (Å²) in [7, 11) is 5.43. The normalized spacial score (nSPS) is 44.9. The molecule has 0 aromatic heterocycles. The largest absolute Gasteiger partial charge is 0.458 e. The second-order valence-electron chi connectivity index (χ2n) is 14.8. The van der Waals surface area contributed by atoms with Crippen LogP contribution in [-0.4, -0.2) is 128 Å². The molecule has 5 unspecified atom stereocenters. The van der Waals surface area contributed by atoms with Gasteiger partial charge < -0.3 is 49.6 Å². The molecule has 0 bridgehead atoms. The van der Waals surface area contributed by atoms with Crippen LogP contribution in [0.5, 0.6) is 0 Å². The number of aliphatic hydroxyl groups is 1. The first kappa shape index (κ1) is 37.0. The predicted molar refractivity (Wildman–Crippen MR) is 170 cm³/mol. The summed E-state index contributed by atoms with van der Waals surface area (Å²) in [6.07, 6.45) is -1.11. The van der Waals surface area contributed by atoms with Gasteiger partial charge in [0.2, 0.25) is 0 Å². The third-order valence-corrected chi connectivity index (χ3v) is 10.8. The van der Waals surface area contributed by atoms with Gasteiger partial charge in [-0.2, -0.15) is 0 Å². The van der Waals surface area contributed by atoms with Crippen LogP contribution in [0.2, 0.25) is 0 Å². The summed E-state index contributed by atoms with van der Waals surface area (Å²) in [4.78, 5) is 41.9. The summed E-state index contributed by atoms with van der Waals surface area (Å²) in [5, 5.41) is 21.4. The number of nitrogens with one attached hydrogen (secondary N) is 3. The fourth-order valence-electron chi connectivity index (χ4n) is 7.35. The highest BCUT2D eigenvalue weighted by Gasteiger charge is 2.54. The van der Waals surface area contributed by atoms with Gasteiger partial charge in [0.15, 0.2) is 17.7 Å². The molecule has 3 saturated heterocycles. The lowest BCUT2D eigenvalue weighted by Crippen LogP contribution is -2.60. The summed E-state index contributed by atoms with van der Waals surface area (Å²) < 4.78 is 30.8. The Balaban J connectivity index is 1.65. The minimum Gasteiger partial charge on any atom is -0.458 e. The van der Waals surface area contributed by atoms with Gasteiger partial charge in [0.05, 0.1) is 23.9 Å². The van der Waals surface area contributed by atoms with Crippen molar-refractivity contribution in [3.63, 3.8) is 0 Å². The molecule has 4 fully saturated rings. The fourth-order valence-corrected chi connectivity index (χ4v) is 7.35. The Labute approximate surface area is 274 Å². The average Bonchev–Trinajstić information content (AvgIpc) is 3.78. The molecule has 1 amide bonds. The van der Waals surface area contributed by atoms with Crippen LogP contribution in [-0.2, 0) is 33.3 Å². The van der Waals surface area contributed by atoms with Crippen molar-refractivity contribution in [2.45, 2.75) is 140 Å². The van der Waals surface area contributed by atoms with Crippen molar-refractivity contribution in [1.29, 1.82) is 0 Å². The minimum atomic E-state index is -1.16. The molecule has 46 heavy (non-hydrogen) atoms. The lowest BCUT2D eigenvalue weighted by molar-refractivity contribution is -0.297. The van der Waals surface area contributed by atoms with Crippen LogP contribution < -0.4 is 16.0 Å². The molecule has 1 aliphatic carbocycles. The van der Waals surface area contributed by atoms with Crippen molar-refractivity contribution in [3.8, 4) is 0 Å². The Morgan fingerprint density at radius 3 is 2.37 bits per heavy atom. The van der Waals surface area contributed by atoms with E-state index >= 15 is 0 Å². The van der Waals surface area contributed by atoms with E-state index in [2.05, 4.69) is 22.9 Å². The number of cyclic esters (lactones) is 1. The summed E-state index contributed by atoms with van der Waals surface area (Å²) in [5.41, 5.74) is -2.17. The van der Waals surface area contributed by atoms with Gasteiger partial charge in [-0.3, -0.25) is 9.59 Å². The van der Waals surface area contributed by atoms with Gasteiger partial charge in [-0.1, -0.05) is 13.8 Å². The summed E-state index contributed by atoms with van der Waals surface area (Å²) in [6.45, 7) is 13.8. The van der Waals surface area contributed by atoms with Crippen LogP contribution in [0.4, 0.5) is 4.79 Å². The van der Waals surface area contributed by atoms with E-state index in [0.717, 1.165) is 12.8 Å². The lowest BCUT2D eigenvalue weighted by Gasteiger charge is -2.47. The van der Waals surface area contributed by atoms with Crippen molar-refractivity contribution < 1.29 is 43.2 Å². The van der Waals surface area contributed by atoms with E-state index in [1.807, 2.05) is 32.8 Å². The van der Waals surface area contributed by atoms with Gasteiger partial charge in [0.25, 0.3) is 0 Å². The maximum Gasteiger partial charge on any atom is 0.408 e. The van der Waals surface area contributed by atoms with Crippen LogP contribution >= 0.6 is 0 Å². The molecule has 0 aromatic rings. The number of hydrogen-bond donors (Lipinski definition) is 4. The van der Waals surface area contributed by atoms with Gasteiger partial charge in [0.1, 0.15) is 18.1 Å². The Bertz CT molecular complexity index is 1090. The molecular weight excluding hydrogens is 596 g/mol. The van der Waals surface area contributed by atoms with Gasteiger partial charge in [-0.25, -0.2) is 4.79 Å². The minimum absolute atomic E-state index is 0.0325. The molecule has 4 N–H and O–H groups in total. The highest BCUT2D eigenvalue weighted by atomic mass is 16.7. The smallest absolute Gasteiger partial charge is 0.408 e. The zero-order chi connectivity index (χ0) is 34.1. The van der Waals surface area contributed by atoms with Crippen LogP contribution in [0.25, 0.3) is 0 Å². The van der Waals surface area contributed by atoms with E-state index in [1.54, 1.807) is 27.9 Å². The second-order valence-corrected chi connectivity index (χ2v) is 14.8. The maximum atomic E-state index is 14.1. The van der Waals surface area contributed by atoms with E-state index in [9.17, 15) is 19.5 Å². The molecule has 4 rings (SSSR count). The third kappa shape index (κ3) is 8.04. The molecule has 1 saturated carbocycles. The Kier molecular flexibility index (Phi) is 11.8. The van der Waals surface area contributed by atoms with Gasteiger partial charge in [-0.15, -0.1) is 0 Å². The third-order valence-electron chi connectivity index (χ3n) is 10.8. The molecular formula is C33H58N4O9. The number of carbonyl (C=O) groups excluding carboxylic acids is 3. The quantitative estimate of drug-likeness (QED) is 0.233. The number of hydrogen-bond acceptors (Lipinski definition) is 12. The molecule has 3 aliphatic heterocycles. The van der Waals surface area contributed by atoms with Crippen molar-refractivity contribution in [2.24, 2.45) is 17.8 Å².